The molecule has 1 heterocycles. The third-order valence-electron chi connectivity index (χ3n) is 5.34. The number of hydrogen-bond donors (Lipinski definition) is 1. The molecule has 1 fully saturated rings. The van der Waals surface area contributed by atoms with Crippen LogP contribution in [0.4, 0.5) is 5.69 Å². The van der Waals surface area contributed by atoms with Gasteiger partial charge in [-0.25, -0.2) is 0 Å². The number of piperidine rings is 1. The highest BCUT2D eigenvalue weighted by atomic mass is 16.2. The lowest BCUT2D eigenvalue weighted by molar-refractivity contribution is -0.139. The Labute approximate surface area is 157 Å². The van der Waals surface area contributed by atoms with Gasteiger partial charge < -0.3 is 10.2 Å². The molecule has 0 aliphatic carbocycles. The lowest BCUT2D eigenvalue weighted by Crippen LogP contribution is -2.51. The van der Waals surface area contributed by atoms with Gasteiger partial charge in [0.25, 0.3) is 0 Å². The Kier molecular flexibility index (Phi) is 6.81. The monoisotopic (exact) mass is 359 g/mol. The van der Waals surface area contributed by atoms with Gasteiger partial charge in [0.2, 0.25) is 11.8 Å². The first-order valence-corrected chi connectivity index (χ1v) is 9.54. The molecule has 1 aliphatic heterocycles. The summed E-state index contributed by atoms with van der Waals surface area (Å²) in [6.45, 7) is 12.1. The largest absolute Gasteiger partial charge is 0.341 e. The average Bonchev–Trinajstić information content (AvgIpc) is 2.56. The fourth-order valence-corrected chi connectivity index (χ4v) is 3.85. The van der Waals surface area contributed by atoms with Gasteiger partial charge in [-0.1, -0.05) is 32.0 Å². The second-order valence-corrected chi connectivity index (χ2v) is 8.10. The number of anilines is 1. The van der Waals surface area contributed by atoms with Crippen LogP contribution >= 0.6 is 0 Å². The molecule has 5 nitrogen and oxygen atoms in total. The van der Waals surface area contributed by atoms with Crippen molar-refractivity contribution in [2.24, 2.45) is 11.8 Å². The van der Waals surface area contributed by atoms with Crippen LogP contribution in [0.3, 0.4) is 0 Å². The van der Waals surface area contributed by atoms with Crippen molar-refractivity contribution in [3.8, 4) is 0 Å². The van der Waals surface area contributed by atoms with E-state index in [-0.39, 0.29) is 24.4 Å². The van der Waals surface area contributed by atoms with Gasteiger partial charge in [-0.15, -0.1) is 0 Å². The molecule has 1 aliphatic rings. The minimum atomic E-state index is -0.309. The maximum absolute atomic E-state index is 12.8. The van der Waals surface area contributed by atoms with E-state index in [0.29, 0.717) is 11.8 Å². The number of likely N-dealkylation sites (N-methyl/N-ethyl adjacent to an activating group) is 1. The van der Waals surface area contributed by atoms with Crippen molar-refractivity contribution in [3.05, 3.63) is 29.3 Å². The van der Waals surface area contributed by atoms with Crippen LogP contribution in [0.2, 0.25) is 0 Å². The molecular formula is C21H33N3O2. The van der Waals surface area contributed by atoms with Gasteiger partial charge in [0.1, 0.15) is 0 Å². The van der Waals surface area contributed by atoms with Gasteiger partial charge in [-0.05, 0) is 57.2 Å². The summed E-state index contributed by atoms with van der Waals surface area (Å²) in [5.41, 5.74) is 2.95. The van der Waals surface area contributed by atoms with Gasteiger partial charge in [0.15, 0.2) is 0 Å². The molecule has 1 N–H and O–H groups in total. The van der Waals surface area contributed by atoms with Crippen molar-refractivity contribution in [1.82, 2.24) is 9.80 Å². The van der Waals surface area contributed by atoms with Crippen LogP contribution in [0.5, 0.6) is 0 Å². The van der Waals surface area contributed by atoms with Crippen molar-refractivity contribution >= 4 is 17.5 Å². The molecule has 3 unspecified atom stereocenters. The van der Waals surface area contributed by atoms with Gasteiger partial charge >= 0.3 is 0 Å². The fraction of sp³-hybridized carbons (Fsp3) is 0.619. The van der Waals surface area contributed by atoms with E-state index < -0.39 is 0 Å². The molecule has 5 heteroatoms. The molecule has 2 rings (SSSR count). The minimum absolute atomic E-state index is 0.0927. The summed E-state index contributed by atoms with van der Waals surface area (Å²) >= 11 is 0. The summed E-state index contributed by atoms with van der Waals surface area (Å²) in [7, 11) is 1.84. The maximum atomic E-state index is 12.8. The molecule has 2 amide bonds. The number of rotatable bonds is 5. The van der Waals surface area contributed by atoms with E-state index in [9.17, 15) is 9.59 Å². The Morgan fingerprint density at radius 3 is 2.27 bits per heavy atom. The zero-order valence-electron chi connectivity index (χ0n) is 17.0. The molecule has 1 saturated heterocycles. The van der Waals surface area contributed by atoms with Gasteiger partial charge in [0, 0.05) is 18.8 Å². The minimum Gasteiger partial charge on any atom is -0.341 e. The Hall–Kier alpha value is -1.88. The van der Waals surface area contributed by atoms with Crippen molar-refractivity contribution in [3.63, 3.8) is 0 Å². The van der Waals surface area contributed by atoms with Crippen LogP contribution in [0.1, 0.15) is 38.3 Å². The van der Waals surface area contributed by atoms with Crippen LogP contribution in [-0.2, 0) is 9.59 Å². The molecule has 0 spiro atoms. The third-order valence-corrected chi connectivity index (χ3v) is 5.34. The second kappa shape index (κ2) is 8.67. The van der Waals surface area contributed by atoms with E-state index >= 15 is 0 Å². The zero-order chi connectivity index (χ0) is 19.4. The Balaban J connectivity index is 1.94. The van der Waals surface area contributed by atoms with Gasteiger partial charge in [-0.3, -0.25) is 14.5 Å². The van der Waals surface area contributed by atoms with Gasteiger partial charge in [0.05, 0.1) is 12.6 Å². The summed E-state index contributed by atoms with van der Waals surface area (Å²) < 4.78 is 0. The number of para-hydroxylation sites is 1. The van der Waals surface area contributed by atoms with E-state index in [4.69, 9.17) is 0 Å². The molecule has 0 aromatic heterocycles. The van der Waals surface area contributed by atoms with E-state index in [2.05, 4.69) is 19.2 Å². The van der Waals surface area contributed by atoms with Crippen LogP contribution < -0.4 is 5.32 Å². The zero-order valence-corrected chi connectivity index (χ0v) is 17.0. The quantitative estimate of drug-likeness (QED) is 0.879. The molecule has 26 heavy (non-hydrogen) atoms. The maximum Gasteiger partial charge on any atom is 0.239 e. The number of aryl methyl sites for hydroxylation is 2. The van der Waals surface area contributed by atoms with Crippen LogP contribution in [0, 0.1) is 25.7 Å². The number of amides is 2. The van der Waals surface area contributed by atoms with Crippen molar-refractivity contribution in [1.29, 1.82) is 0 Å². The fourth-order valence-electron chi connectivity index (χ4n) is 3.85. The van der Waals surface area contributed by atoms with Crippen LogP contribution in [0.25, 0.3) is 0 Å². The summed E-state index contributed by atoms with van der Waals surface area (Å²) in [6.07, 6.45) is 1.17. The Bertz CT molecular complexity index is 628. The average molecular weight is 360 g/mol. The highest BCUT2D eigenvalue weighted by Crippen LogP contribution is 2.22. The smallest absolute Gasteiger partial charge is 0.239 e. The first kappa shape index (κ1) is 20.4. The number of carbonyl (C=O) groups is 2. The highest BCUT2D eigenvalue weighted by molar-refractivity contribution is 5.94. The SMILES string of the molecule is Cc1cccc(C)c1NC(=O)CN(C)C(C)C(=O)N1CC(C)CC(C)C1. The first-order chi connectivity index (χ1) is 12.2. The lowest BCUT2D eigenvalue weighted by atomic mass is 9.91. The Morgan fingerprint density at radius 1 is 1.19 bits per heavy atom. The first-order valence-electron chi connectivity index (χ1n) is 9.54. The van der Waals surface area contributed by atoms with Gasteiger partial charge in [-0.2, -0.15) is 0 Å². The summed E-state index contributed by atoms with van der Waals surface area (Å²) in [5, 5.41) is 2.99. The number of nitrogens with zero attached hydrogens (tertiary/aromatic N) is 2. The van der Waals surface area contributed by atoms with E-state index in [0.717, 1.165) is 29.9 Å². The lowest BCUT2D eigenvalue weighted by Gasteiger charge is -2.38. The molecule has 144 valence electrons. The molecule has 1 aromatic carbocycles. The molecule has 0 bridgehead atoms. The van der Waals surface area contributed by atoms with Crippen LogP contribution in [0.15, 0.2) is 18.2 Å². The van der Waals surface area contributed by atoms with E-state index in [1.54, 1.807) is 0 Å². The van der Waals surface area contributed by atoms with Crippen molar-refractivity contribution in [2.45, 2.75) is 47.1 Å². The predicted molar refractivity (Wildman–Crippen MR) is 106 cm³/mol. The number of likely N-dealkylation sites (tertiary alicyclic amines) is 1. The Morgan fingerprint density at radius 2 is 1.73 bits per heavy atom. The van der Waals surface area contributed by atoms with Crippen molar-refractivity contribution in [2.75, 3.05) is 32.0 Å². The van der Waals surface area contributed by atoms with Crippen LogP contribution in [-0.4, -0.2) is 54.3 Å². The molecule has 0 radical (unpaired) electrons. The summed E-state index contributed by atoms with van der Waals surface area (Å²) in [6, 6.07) is 5.64. The predicted octanol–water partition coefficient (Wildman–Crippen LogP) is 3.07. The molecular weight excluding hydrogens is 326 g/mol. The standard InChI is InChI=1S/C21H33N3O2/c1-14-10-15(2)12-24(11-14)21(26)18(5)23(6)13-19(25)22-20-16(3)8-7-9-17(20)4/h7-9,14-15,18H,10-13H2,1-6H3,(H,22,25). The highest BCUT2D eigenvalue weighted by Gasteiger charge is 2.30. The molecule has 1 aromatic rings. The molecule has 0 saturated carbocycles. The number of nitrogens with one attached hydrogen (secondary N) is 1. The second-order valence-electron chi connectivity index (χ2n) is 8.10. The number of carbonyl (C=O) groups excluding carboxylic acids is 2. The number of hydrogen-bond acceptors (Lipinski definition) is 3. The third kappa shape index (κ3) is 5.07. The van der Waals surface area contributed by atoms with Crippen molar-refractivity contribution < 1.29 is 9.59 Å². The van der Waals surface area contributed by atoms with E-state index in [1.165, 1.54) is 6.42 Å². The summed E-state index contributed by atoms with van der Waals surface area (Å²) in [4.78, 5) is 29.1. The normalized spacial score (nSPS) is 21.6. The topological polar surface area (TPSA) is 52.7 Å². The van der Waals surface area contributed by atoms with E-state index in [1.807, 2.05) is 55.8 Å². The molecule has 3 atom stereocenters. The summed E-state index contributed by atoms with van der Waals surface area (Å²) in [5.74, 6) is 1.09. The number of benzene rings is 1.